The molecule has 4 nitrogen and oxygen atoms in total. The van der Waals surface area contributed by atoms with Crippen molar-refractivity contribution in [1.82, 2.24) is 10.2 Å². The third-order valence-electron chi connectivity index (χ3n) is 4.40. The Labute approximate surface area is 190 Å². The van der Waals surface area contributed by atoms with Gasteiger partial charge in [-0.15, -0.1) is 11.8 Å². The summed E-state index contributed by atoms with van der Waals surface area (Å²) in [5, 5.41) is 4.43. The Morgan fingerprint density at radius 3 is 2.31 bits per heavy atom. The summed E-state index contributed by atoms with van der Waals surface area (Å²) >= 11 is 19.5. The fourth-order valence-electron chi connectivity index (χ4n) is 2.84. The van der Waals surface area contributed by atoms with E-state index in [0.717, 1.165) is 11.1 Å². The average molecular weight is 474 g/mol. The molecular formula is C21H23Cl3N2O2S. The SMILES string of the molecule is CC[C@H](C(=O)NC)N(Cc1ccc(Cl)cc1)C(=O)CSCc1ccc(Cl)cc1Cl. The highest BCUT2D eigenvalue weighted by Gasteiger charge is 2.27. The predicted octanol–water partition coefficient (Wildman–Crippen LogP) is 5.43. The van der Waals surface area contributed by atoms with Crippen molar-refractivity contribution in [2.75, 3.05) is 12.8 Å². The largest absolute Gasteiger partial charge is 0.357 e. The predicted molar refractivity (Wildman–Crippen MR) is 123 cm³/mol. The van der Waals surface area contributed by atoms with E-state index in [4.69, 9.17) is 34.8 Å². The van der Waals surface area contributed by atoms with Gasteiger partial charge in [0, 0.05) is 34.4 Å². The fourth-order valence-corrected chi connectivity index (χ4v) is 4.44. The van der Waals surface area contributed by atoms with Crippen LogP contribution in [0.3, 0.4) is 0 Å². The zero-order valence-corrected chi connectivity index (χ0v) is 19.3. The van der Waals surface area contributed by atoms with E-state index in [1.807, 2.05) is 25.1 Å². The molecular weight excluding hydrogens is 451 g/mol. The topological polar surface area (TPSA) is 49.4 Å². The summed E-state index contributed by atoms with van der Waals surface area (Å²) in [5.74, 6) is 0.527. The Balaban J connectivity index is 2.10. The van der Waals surface area contributed by atoms with E-state index >= 15 is 0 Å². The maximum atomic E-state index is 13.0. The van der Waals surface area contributed by atoms with Gasteiger partial charge in [-0.2, -0.15) is 0 Å². The number of nitrogens with zero attached hydrogens (tertiary/aromatic N) is 1. The standard InChI is InChI=1S/C21H23Cl3N2O2S/c1-3-19(21(28)25-2)26(11-14-4-7-16(22)8-5-14)20(27)13-29-12-15-6-9-17(23)10-18(15)24/h4-10,19H,3,11-13H2,1-2H3,(H,25,28)/t19-/m1/s1. The Bertz CT molecular complexity index is 846. The summed E-state index contributed by atoms with van der Waals surface area (Å²) in [6, 6.07) is 12.0. The number of carbonyl (C=O) groups excluding carboxylic acids is 2. The van der Waals surface area contributed by atoms with Crippen molar-refractivity contribution in [3.05, 3.63) is 68.7 Å². The molecule has 0 fully saturated rings. The first-order chi connectivity index (χ1) is 13.8. The van der Waals surface area contributed by atoms with Crippen LogP contribution in [0.2, 0.25) is 15.1 Å². The van der Waals surface area contributed by atoms with E-state index in [0.29, 0.717) is 33.8 Å². The van der Waals surface area contributed by atoms with Crippen LogP contribution in [-0.2, 0) is 21.9 Å². The Morgan fingerprint density at radius 2 is 1.72 bits per heavy atom. The number of thioether (sulfide) groups is 1. The minimum Gasteiger partial charge on any atom is -0.357 e. The highest BCUT2D eigenvalue weighted by molar-refractivity contribution is 7.99. The molecule has 1 atom stereocenters. The molecule has 2 aromatic rings. The van der Waals surface area contributed by atoms with Gasteiger partial charge < -0.3 is 10.2 Å². The number of hydrogen-bond donors (Lipinski definition) is 1. The molecule has 0 aliphatic rings. The van der Waals surface area contributed by atoms with Crippen molar-refractivity contribution < 1.29 is 9.59 Å². The van der Waals surface area contributed by atoms with Crippen LogP contribution < -0.4 is 5.32 Å². The number of halogens is 3. The minimum absolute atomic E-state index is 0.106. The van der Waals surface area contributed by atoms with Crippen molar-refractivity contribution in [3.63, 3.8) is 0 Å². The molecule has 0 aliphatic carbocycles. The van der Waals surface area contributed by atoms with Crippen molar-refractivity contribution >= 4 is 58.4 Å². The zero-order valence-electron chi connectivity index (χ0n) is 16.3. The van der Waals surface area contributed by atoms with Crippen molar-refractivity contribution in [3.8, 4) is 0 Å². The van der Waals surface area contributed by atoms with E-state index in [-0.39, 0.29) is 17.6 Å². The first kappa shape index (κ1) is 23.9. The quantitative estimate of drug-likeness (QED) is 0.528. The van der Waals surface area contributed by atoms with Crippen LogP contribution in [-0.4, -0.2) is 35.6 Å². The van der Waals surface area contributed by atoms with Gasteiger partial charge in [0.05, 0.1) is 5.75 Å². The number of hydrogen-bond acceptors (Lipinski definition) is 3. The summed E-state index contributed by atoms with van der Waals surface area (Å²) in [6.45, 7) is 2.23. The zero-order chi connectivity index (χ0) is 21.4. The lowest BCUT2D eigenvalue weighted by molar-refractivity contribution is -0.139. The maximum absolute atomic E-state index is 13.0. The molecule has 0 saturated carbocycles. The molecule has 0 aliphatic heterocycles. The number of nitrogens with one attached hydrogen (secondary N) is 1. The highest BCUT2D eigenvalue weighted by Crippen LogP contribution is 2.25. The molecule has 0 spiro atoms. The van der Waals surface area contributed by atoms with Crippen molar-refractivity contribution in [2.45, 2.75) is 31.7 Å². The van der Waals surface area contributed by atoms with Gasteiger partial charge >= 0.3 is 0 Å². The molecule has 0 unspecified atom stereocenters. The van der Waals surface area contributed by atoms with Crippen LogP contribution in [0.1, 0.15) is 24.5 Å². The van der Waals surface area contributed by atoms with E-state index in [1.54, 1.807) is 36.2 Å². The van der Waals surface area contributed by atoms with Crippen LogP contribution in [0.5, 0.6) is 0 Å². The molecule has 0 heterocycles. The van der Waals surface area contributed by atoms with E-state index < -0.39 is 6.04 Å². The first-order valence-electron chi connectivity index (χ1n) is 9.12. The Kier molecular flexibility index (Phi) is 9.63. The Hall–Kier alpha value is -1.40. The second-order valence-electron chi connectivity index (χ2n) is 6.41. The van der Waals surface area contributed by atoms with Gasteiger partial charge in [0.25, 0.3) is 0 Å². The third-order valence-corrected chi connectivity index (χ3v) is 6.20. The van der Waals surface area contributed by atoms with Gasteiger partial charge in [0.15, 0.2) is 0 Å². The summed E-state index contributed by atoms with van der Waals surface area (Å²) in [7, 11) is 1.58. The molecule has 8 heteroatoms. The van der Waals surface area contributed by atoms with Crippen LogP contribution in [0, 0.1) is 0 Å². The van der Waals surface area contributed by atoms with Crippen LogP contribution in [0.25, 0.3) is 0 Å². The normalized spacial score (nSPS) is 11.8. The van der Waals surface area contributed by atoms with Crippen molar-refractivity contribution in [1.29, 1.82) is 0 Å². The monoisotopic (exact) mass is 472 g/mol. The second kappa shape index (κ2) is 11.7. The van der Waals surface area contributed by atoms with Gasteiger partial charge in [-0.25, -0.2) is 0 Å². The first-order valence-corrected chi connectivity index (χ1v) is 11.4. The van der Waals surface area contributed by atoms with E-state index in [2.05, 4.69) is 5.32 Å². The molecule has 0 saturated heterocycles. The van der Waals surface area contributed by atoms with Crippen LogP contribution in [0.15, 0.2) is 42.5 Å². The third kappa shape index (κ3) is 7.10. The minimum atomic E-state index is -0.539. The summed E-state index contributed by atoms with van der Waals surface area (Å²) in [6.07, 6.45) is 0.521. The molecule has 0 radical (unpaired) electrons. The van der Waals surface area contributed by atoms with Gasteiger partial charge in [0.1, 0.15) is 6.04 Å². The molecule has 1 N–H and O–H groups in total. The molecule has 29 heavy (non-hydrogen) atoms. The smallest absolute Gasteiger partial charge is 0.242 e. The number of rotatable bonds is 9. The van der Waals surface area contributed by atoms with Crippen LogP contribution in [0.4, 0.5) is 0 Å². The van der Waals surface area contributed by atoms with Gasteiger partial charge in [0.2, 0.25) is 11.8 Å². The molecule has 2 rings (SSSR count). The van der Waals surface area contributed by atoms with Gasteiger partial charge in [-0.1, -0.05) is 59.9 Å². The molecule has 156 valence electrons. The number of carbonyl (C=O) groups is 2. The summed E-state index contributed by atoms with van der Waals surface area (Å²) in [5.41, 5.74) is 1.83. The molecule has 0 aromatic heterocycles. The van der Waals surface area contributed by atoms with Gasteiger partial charge in [-0.3, -0.25) is 9.59 Å². The summed E-state index contributed by atoms with van der Waals surface area (Å²) in [4.78, 5) is 27.0. The molecule has 0 bridgehead atoms. The van der Waals surface area contributed by atoms with Gasteiger partial charge in [-0.05, 0) is 41.8 Å². The lowest BCUT2D eigenvalue weighted by Gasteiger charge is -2.30. The highest BCUT2D eigenvalue weighted by atomic mass is 35.5. The second-order valence-corrected chi connectivity index (χ2v) is 8.68. The Morgan fingerprint density at radius 1 is 1.07 bits per heavy atom. The fraction of sp³-hybridized carbons (Fsp3) is 0.333. The molecule has 2 aromatic carbocycles. The van der Waals surface area contributed by atoms with Crippen molar-refractivity contribution in [2.24, 2.45) is 0 Å². The average Bonchev–Trinajstić information content (AvgIpc) is 2.70. The number of benzene rings is 2. The summed E-state index contributed by atoms with van der Waals surface area (Å²) < 4.78 is 0. The number of amides is 2. The number of likely N-dealkylation sites (N-methyl/N-ethyl adjacent to an activating group) is 1. The van der Waals surface area contributed by atoms with E-state index in [9.17, 15) is 9.59 Å². The maximum Gasteiger partial charge on any atom is 0.242 e. The lowest BCUT2D eigenvalue weighted by atomic mass is 10.1. The molecule has 2 amide bonds. The van der Waals surface area contributed by atoms with Crippen LogP contribution >= 0.6 is 46.6 Å². The lowest BCUT2D eigenvalue weighted by Crippen LogP contribution is -2.48. The van der Waals surface area contributed by atoms with E-state index in [1.165, 1.54) is 11.8 Å².